The van der Waals surface area contributed by atoms with Crippen LogP contribution in [0, 0.1) is 15.9 Å². The van der Waals surface area contributed by atoms with Crippen LogP contribution >= 0.6 is 27.5 Å². The SMILES string of the molecule is O=[N+]([O-])c1cc(F)cc(Br)c1Cl. The van der Waals surface area contributed by atoms with Gasteiger partial charge in [-0.2, -0.15) is 0 Å². The van der Waals surface area contributed by atoms with E-state index in [-0.39, 0.29) is 9.50 Å². The van der Waals surface area contributed by atoms with Gasteiger partial charge in [-0.15, -0.1) is 0 Å². The summed E-state index contributed by atoms with van der Waals surface area (Å²) in [5, 5.41) is 10.2. The van der Waals surface area contributed by atoms with E-state index in [1.165, 1.54) is 0 Å². The van der Waals surface area contributed by atoms with Gasteiger partial charge in [0.2, 0.25) is 0 Å². The normalized spacial score (nSPS) is 9.92. The zero-order valence-electron chi connectivity index (χ0n) is 5.55. The molecule has 1 rings (SSSR count). The summed E-state index contributed by atoms with van der Waals surface area (Å²) in [6.07, 6.45) is 0. The van der Waals surface area contributed by atoms with Gasteiger partial charge >= 0.3 is 0 Å². The smallest absolute Gasteiger partial charge is 0.258 e. The van der Waals surface area contributed by atoms with Crippen LogP contribution in [0.1, 0.15) is 0 Å². The molecule has 0 radical (unpaired) electrons. The van der Waals surface area contributed by atoms with Gasteiger partial charge < -0.3 is 0 Å². The Morgan fingerprint density at radius 1 is 1.58 bits per heavy atom. The van der Waals surface area contributed by atoms with Crippen molar-refractivity contribution in [2.45, 2.75) is 0 Å². The van der Waals surface area contributed by atoms with Gasteiger partial charge in [-0.3, -0.25) is 10.1 Å². The van der Waals surface area contributed by atoms with Crippen LogP contribution in [0.2, 0.25) is 5.02 Å². The van der Waals surface area contributed by atoms with Crippen molar-refractivity contribution >= 4 is 33.2 Å². The lowest BCUT2D eigenvalue weighted by atomic mass is 10.3. The fraction of sp³-hybridized carbons (Fsp3) is 0. The molecule has 0 saturated carbocycles. The summed E-state index contributed by atoms with van der Waals surface area (Å²) in [5.74, 6) is -0.696. The number of nitrogens with zero attached hydrogens (tertiary/aromatic N) is 1. The molecular formula is C6H2BrClFNO2. The molecule has 12 heavy (non-hydrogen) atoms. The maximum Gasteiger partial charge on any atom is 0.291 e. The topological polar surface area (TPSA) is 43.1 Å². The van der Waals surface area contributed by atoms with E-state index in [9.17, 15) is 14.5 Å². The summed E-state index contributed by atoms with van der Waals surface area (Å²) in [4.78, 5) is 9.52. The number of hydrogen-bond acceptors (Lipinski definition) is 2. The highest BCUT2D eigenvalue weighted by Crippen LogP contribution is 2.32. The molecule has 0 fully saturated rings. The lowest BCUT2D eigenvalue weighted by molar-refractivity contribution is -0.384. The van der Waals surface area contributed by atoms with Gasteiger partial charge in [-0.05, 0) is 22.0 Å². The first kappa shape index (κ1) is 9.41. The molecule has 0 aliphatic carbocycles. The van der Waals surface area contributed by atoms with Crippen LogP contribution in [-0.4, -0.2) is 4.92 Å². The third kappa shape index (κ3) is 1.73. The van der Waals surface area contributed by atoms with Crippen molar-refractivity contribution in [2.75, 3.05) is 0 Å². The molecule has 0 N–H and O–H groups in total. The summed E-state index contributed by atoms with van der Waals surface area (Å²) in [5.41, 5.74) is -0.441. The number of benzene rings is 1. The highest BCUT2D eigenvalue weighted by atomic mass is 79.9. The van der Waals surface area contributed by atoms with Crippen molar-refractivity contribution in [1.29, 1.82) is 0 Å². The monoisotopic (exact) mass is 253 g/mol. The Balaban J connectivity index is 3.37. The Labute approximate surface area is 80.4 Å². The molecule has 0 spiro atoms. The van der Waals surface area contributed by atoms with Crippen molar-refractivity contribution in [1.82, 2.24) is 0 Å². The fourth-order valence-electron chi connectivity index (χ4n) is 0.675. The standard InChI is InChI=1S/C6H2BrClFNO2/c7-4-1-3(9)2-5(6(4)8)10(11)12/h1-2H. The highest BCUT2D eigenvalue weighted by Gasteiger charge is 2.16. The summed E-state index contributed by atoms with van der Waals surface area (Å²) in [6, 6.07) is 1.84. The minimum Gasteiger partial charge on any atom is -0.258 e. The number of nitro groups is 1. The van der Waals surface area contributed by atoms with Gasteiger partial charge in [0.15, 0.2) is 0 Å². The van der Waals surface area contributed by atoms with Gasteiger partial charge in [0.1, 0.15) is 10.8 Å². The maximum atomic E-state index is 12.6. The zero-order chi connectivity index (χ0) is 9.30. The average Bonchev–Trinajstić information content (AvgIpc) is 1.96. The molecule has 0 aliphatic rings. The van der Waals surface area contributed by atoms with E-state index in [1.807, 2.05) is 0 Å². The Morgan fingerprint density at radius 3 is 2.67 bits per heavy atom. The van der Waals surface area contributed by atoms with Crippen LogP contribution in [0.5, 0.6) is 0 Å². The molecular weight excluding hydrogens is 252 g/mol. The first-order valence-electron chi connectivity index (χ1n) is 2.81. The van der Waals surface area contributed by atoms with Crippen LogP contribution in [-0.2, 0) is 0 Å². The number of halogens is 3. The van der Waals surface area contributed by atoms with E-state index in [0.717, 1.165) is 12.1 Å². The lowest BCUT2D eigenvalue weighted by Gasteiger charge is -1.97. The first-order chi connectivity index (χ1) is 5.52. The third-order valence-electron chi connectivity index (χ3n) is 1.17. The van der Waals surface area contributed by atoms with Crippen LogP contribution < -0.4 is 0 Å². The molecule has 0 saturated heterocycles. The lowest BCUT2D eigenvalue weighted by Crippen LogP contribution is -1.90. The quantitative estimate of drug-likeness (QED) is 0.439. The molecule has 0 bridgehead atoms. The summed E-state index contributed by atoms with van der Waals surface area (Å²) in [7, 11) is 0. The molecule has 0 aliphatic heterocycles. The Morgan fingerprint density at radius 2 is 2.17 bits per heavy atom. The van der Waals surface area contributed by atoms with Crippen LogP contribution in [0.3, 0.4) is 0 Å². The van der Waals surface area contributed by atoms with E-state index in [2.05, 4.69) is 15.9 Å². The number of rotatable bonds is 1. The number of nitro benzene ring substituents is 1. The predicted octanol–water partition coefficient (Wildman–Crippen LogP) is 3.15. The molecule has 3 nitrogen and oxygen atoms in total. The van der Waals surface area contributed by atoms with Crippen molar-refractivity contribution in [3.05, 3.63) is 37.6 Å². The van der Waals surface area contributed by atoms with E-state index >= 15 is 0 Å². The maximum absolute atomic E-state index is 12.6. The second-order valence-corrected chi connectivity index (χ2v) is 3.21. The van der Waals surface area contributed by atoms with Crippen LogP contribution in [0.4, 0.5) is 10.1 Å². The molecule has 0 aromatic heterocycles. The average molecular weight is 254 g/mol. The van der Waals surface area contributed by atoms with Crippen LogP contribution in [0.15, 0.2) is 16.6 Å². The Kier molecular flexibility index (Phi) is 2.64. The number of hydrogen-bond donors (Lipinski definition) is 0. The highest BCUT2D eigenvalue weighted by molar-refractivity contribution is 9.10. The molecule has 0 heterocycles. The molecule has 0 unspecified atom stereocenters. The second-order valence-electron chi connectivity index (χ2n) is 1.98. The predicted molar refractivity (Wildman–Crippen MR) is 45.8 cm³/mol. The van der Waals surface area contributed by atoms with Crippen molar-refractivity contribution in [2.24, 2.45) is 0 Å². The molecule has 1 aromatic rings. The van der Waals surface area contributed by atoms with Gasteiger partial charge in [0, 0.05) is 4.47 Å². The Bertz CT molecular complexity index is 345. The summed E-state index contributed by atoms with van der Waals surface area (Å²) >= 11 is 8.39. The van der Waals surface area contributed by atoms with Crippen LogP contribution in [0.25, 0.3) is 0 Å². The van der Waals surface area contributed by atoms with Gasteiger partial charge in [0.25, 0.3) is 5.69 Å². The first-order valence-corrected chi connectivity index (χ1v) is 3.98. The van der Waals surface area contributed by atoms with Gasteiger partial charge in [-0.25, -0.2) is 4.39 Å². The van der Waals surface area contributed by atoms with E-state index in [4.69, 9.17) is 11.6 Å². The molecule has 0 atom stereocenters. The molecule has 64 valence electrons. The molecule has 6 heteroatoms. The van der Waals surface area contributed by atoms with Crippen molar-refractivity contribution in [3.8, 4) is 0 Å². The van der Waals surface area contributed by atoms with E-state index in [1.54, 1.807) is 0 Å². The second kappa shape index (κ2) is 3.37. The van der Waals surface area contributed by atoms with Crippen molar-refractivity contribution < 1.29 is 9.31 Å². The fourth-order valence-corrected chi connectivity index (χ4v) is 1.28. The van der Waals surface area contributed by atoms with Crippen molar-refractivity contribution in [3.63, 3.8) is 0 Å². The largest absolute Gasteiger partial charge is 0.291 e. The van der Waals surface area contributed by atoms with E-state index in [0.29, 0.717) is 0 Å². The zero-order valence-corrected chi connectivity index (χ0v) is 7.89. The molecule has 0 amide bonds. The minimum atomic E-state index is -0.740. The summed E-state index contributed by atoms with van der Waals surface area (Å²) < 4.78 is 12.8. The Hall–Kier alpha value is -0.680. The minimum absolute atomic E-state index is 0.0959. The van der Waals surface area contributed by atoms with E-state index < -0.39 is 16.4 Å². The third-order valence-corrected chi connectivity index (χ3v) is 2.42. The molecule has 1 aromatic carbocycles. The van der Waals surface area contributed by atoms with Gasteiger partial charge in [0.05, 0.1) is 11.0 Å². The summed E-state index contributed by atoms with van der Waals surface area (Å²) in [6.45, 7) is 0. The van der Waals surface area contributed by atoms with Gasteiger partial charge in [-0.1, -0.05) is 11.6 Å².